The predicted molar refractivity (Wildman–Crippen MR) is 70.6 cm³/mol. The van der Waals surface area contributed by atoms with Crippen molar-refractivity contribution in [2.24, 2.45) is 18.8 Å². The summed E-state index contributed by atoms with van der Waals surface area (Å²) in [5.41, 5.74) is 7.01. The van der Waals surface area contributed by atoms with Crippen LogP contribution in [0.15, 0.2) is 36.5 Å². The van der Waals surface area contributed by atoms with Crippen LogP contribution in [0, 0.1) is 5.92 Å². The van der Waals surface area contributed by atoms with Crippen LogP contribution in [0.25, 0.3) is 0 Å². The van der Waals surface area contributed by atoms with Crippen molar-refractivity contribution < 1.29 is 0 Å². The molecule has 0 fully saturated rings. The first-order valence-electron chi connectivity index (χ1n) is 6.30. The van der Waals surface area contributed by atoms with Crippen molar-refractivity contribution >= 4 is 0 Å². The van der Waals surface area contributed by atoms with E-state index in [1.807, 2.05) is 24.0 Å². The van der Waals surface area contributed by atoms with Crippen LogP contribution in [-0.4, -0.2) is 9.78 Å². The van der Waals surface area contributed by atoms with Gasteiger partial charge in [-0.05, 0) is 36.0 Å². The average molecular weight is 242 g/mol. The predicted octanol–water partition coefficient (Wildman–Crippen LogP) is 1.34. The molecular formula is C14H18N4. The van der Waals surface area contributed by atoms with Crippen molar-refractivity contribution in [1.82, 2.24) is 15.2 Å². The molecule has 0 aliphatic heterocycles. The minimum atomic E-state index is 0.157. The Morgan fingerprint density at radius 1 is 1.28 bits per heavy atom. The monoisotopic (exact) mass is 242 g/mol. The molecule has 4 heteroatoms. The molecule has 0 bridgehead atoms. The number of rotatable bonds is 3. The number of aromatic nitrogens is 2. The van der Waals surface area contributed by atoms with Gasteiger partial charge in [0, 0.05) is 13.2 Å². The smallest absolute Gasteiger partial charge is 0.0663 e. The van der Waals surface area contributed by atoms with Crippen LogP contribution >= 0.6 is 0 Å². The van der Waals surface area contributed by atoms with E-state index in [4.69, 9.17) is 5.84 Å². The number of nitrogens with one attached hydrogen (secondary N) is 1. The largest absolute Gasteiger partial charge is 0.271 e. The Hall–Kier alpha value is -1.65. The molecule has 0 saturated heterocycles. The first-order chi connectivity index (χ1) is 8.79. The average Bonchev–Trinajstić information content (AvgIpc) is 2.97. The second-order valence-corrected chi connectivity index (χ2v) is 4.96. The van der Waals surface area contributed by atoms with Crippen molar-refractivity contribution in [3.63, 3.8) is 0 Å². The van der Waals surface area contributed by atoms with Crippen LogP contribution in [-0.2, 0) is 19.9 Å². The number of nitrogens with zero attached hydrogens (tertiary/aromatic N) is 2. The fraction of sp³-hybridized carbons (Fsp3) is 0.357. The number of nitrogens with two attached hydrogens (primary N) is 1. The zero-order valence-corrected chi connectivity index (χ0v) is 10.5. The summed E-state index contributed by atoms with van der Waals surface area (Å²) in [5.74, 6) is 6.26. The maximum absolute atomic E-state index is 5.76. The Kier molecular flexibility index (Phi) is 2.89. The highest BCUT2D eigenvalue weighted by Crippen LogP contribution is 2.34. The molecule has 1 aliphatic rings. The molecule has 0 radical (unpaired) electrons. The lowest BCUT2D eigenvalue weighted by atomic mass is 9.94. The van der Waals surface area contributed by atoms with Gasteiger partial charge in [-0.1, -0.05) is 24.3 Å². The summed E-state index contributed by atoms with van der Waals surface area (Å²) < 4.78 is 1.90. The van der Waals surface area contributed by atoms with Crippen molar-refractivity contribution in [1.29, 1.82) is 0 Å². The van der Waals surface area contributed by atoms with E-state index in [-0.39, 0.29) is 6.04 Å². The lowest BCUT2D eigenvalue weighted by molar-refractivity contribution is 0.361. The molecular weight excluding hydrogens is 224 g/mol. The zero-order valence-electron chi connectivity index (χ0n) is 10.5. The number of hydrogen-bond donors (Lipinski definition) is 2. The lowest BCUT2D eigenvalue weighted by Gasteiger charge is -2.22. The quantitative estimate of drug-likeness (QED) is 0.631. The molecule has 94 valence electrons. The molecule has 4 nitrogen and oxygen atoms in total. The van der Waals surface area contributed by atoms with Crippen LogP contribution in [0.2, 0.25) is 0 Å². The minimum absolute atomic E-state index is 0.157. The normalized spacial score (nSPS) is 16.8. The van der Waals surface area contributed by atoms with E-state index < -0.39 is 0 Å². The van der Waals surface area contributed by atoms with Gasteiger partial charge < -0.3 is 0 Å². The molecule has 0 amide bonds. The first-order valence-corrected chi connectivity index (χ1v) is 6.30. The van der Waals surface area contributed by atoms with Crippen molar-refractivity contribution in [3.8, 4) is 0 Å². The van der Waals surface area contributed by atoms with Crippen LogP contribution < -0.4 is 11.3 Å². The van der Waals surface area contributed by atoms with Gasteiger partial charge in [0.15, 0.2) is 0 Å². The van der Waals surface area contributed by atoms with Gasteiger partial charge >= 0.3 is 0 Å². The van der Waals surface area contributed by atoms with Gasteiger partial charge in [-0.2, -0.15) is 5.10 Å². The van der Waals surface area contributed by atoms with Gasteiger partial charge in [0.05, 0.1) is 11.7 Å². The molecule has 0 spiro atoms. The molecule has 2 aromatic rings. The number of aryl methyl sites for hydroxylation is 1. The molecule has 1 aliphatic carbocycles. The number of fused-ring (bicyclic) bond motifs is 1. The second kappa shape index (κ2) is 4.55. The van der Waals surface area contributed by atoms with E-state index in [1.165, 1.54) is 11.1 Å². The third kappa shape index (κ3) is 1.83. The fourth-order valence-electron chi connectivity index (χ4n) is 2.98. The van der Waals surface area contributed by atoms with Crippen molar-refractivity contribution in [2.45, 2.75) is 18.9 Å². The molecule has 0 saturated carbocycles. The second-order valence-electron chi connectivity index (χ2n) is 4.96. The highest BCUT2D eigenvalue weighted by Gasteiger charge is 2.30. The summed E-state index contributed by atoms with van der Waals surface area (Å²) in [6, 6.07) is 10.8. The molecule has 1 aromatic heterocycles. The Morgan fingerprint density at radius 3 is 2.44 bits per heavy atom. The molecule has 1 aromatic carbocycles. The van der Waals surface area contributed by atoms with Crippen LogP contribution in [0.3, 0.4) is 0 Å². The standard InChI is InChI=1S/C14H18N4/c1-18-13(6-7-16-18)14(17-15)12-8-10-4-2-3-5-11(10)9-12/h2-7,12,14,17H,8-9,15H2,1H3. The third-order valence-electron chi connectivity index (χ3n) is 3.91. The SMILES string of the molecule is Cn1nccc1C(NN)C1Cc2ccccc2C1. The van der Waals surface area contributed by atoms with Crippen LogP contribution in [0.1, 0.15) is 22.9 Å². The van der Waals surface area contributed by atoms with E-state index in [1.54, 1.807) is 0 Å². The van der Waals surface area contributed by atoms with Gasteiger partial charge in [-0.3, -0.25) is 16.0 Å². The maximum Gasteiger partial charge on any atom is 0.0663 e. The fourth-order valence-corrected chi connectivity index (χ4v) is 2.98. The van der Waals surface area contributed by atoms with E-state index in [0.29, 0.717) is 5.92 Å². The number of hydrazine groups is 1. The topological polar surface area (TPSA) is 55.9 Å². The minimum Gasteiger partial charge on any atom is -0.271 e. The van der Waals surface area contributed by atoms with Crippen molar-refractivity contribution in [2.75, 3.05) is 0 Å². The Morgan fingerprint density at radius 2 is 1.94 bits per heavy atom. The van der Waals surface area contributed by atoms with E-state index in [9.17, 15) is 0 Å². The Bertz CT molecular complexity index is 521. The van der Waals surface area contributed by atoms with Gasteiger partial charge in [-0.15, -0.1) is 0 Å². The first kappa shape index (κ1) is 11.4. The van der Waals surface area contributed by atoms with E-state index >= 15 is 0 Å². The Labute approximate surface area is 107 Å². The van der Waals surface area contributed by atoms with Crippen molar-refractivity contribution in [3.05, 3.63) is 53.3 Å². The molecule has 1 heterocycles. The van der Waals surface area contributed by atoms with Crippen LogP contribution in [0.5, 0.6) is 0 Å². The van der Waals surface area contributed by atoms with E-state index in [0.717, 1.165) is 18.5 Å². The summed E-state index contributed by atoms with van der Waals surface area (Å²) in [5, 5.41) is 4.23. The molecule has 1 unspecified atom stereocenters. The Balaban J connectivity index is 1.86. The third-order valence-corrected chi connectivity index (χ3v) is 3.91. The van der Waals surface area contributed by atoms with Crippen LogP contribution in [0.4, 0.5) is 0 Å². The highest BCUT2D eigenvalue weighted by molar-refractivity contribution is 5.33. The molecule has 1 atom stereocenters. The summed E-state index contributed by atoms with van der Waals surface area (Å²) >= 11 is 0. The molecule has 3 rings (SSSR count). The summed E-state index contributed by atoms with van der Waals surface area (Å²) in [4.78, 5) is 0. The van der Waals surface area contributed by atoms with Gasteiger partial charge in [0.2, 0.25) is 0 Å². The van der Waals surface area contributed by atoms with Gasteiger partial charge in [-0.25, -0.2) is 0 Å². The highest BCUT2D eigenvalue weighted by atomic mass is 15.3. The summed E-state index contributed by atoms with van der Waals surface area (Å²) in [6.45, 7) is 0. The van der Waals surface area contributed by atoms with E-state index in [2.05, 4.69) is 34.8 Å². The van der Waals surface area contributed by atoms with Gasteiger partial charge in [0.1, 0.15) is 0 Å². The maximum atomic E-state index is 5.76. The van der Waals surface area contributed by atoms with Gasteiger partial charge in [0.25, 0.3) is 0 Å². The summed E-state index contributed by atoms with van der Waals surface area (Å²) in [6.07, 6.45) is 3.98. The molecule has 18 heavy (non-hydrogen) atoms. The number of hydrogen-bond acceptors (Lipinski definition) is 3. The zero-order chi connectivity index (χ0) is 12.5. The number of benzene rings is 1. The summed E-state index contributed by atoms with van der Waals surface area (Å²) in [7, 11) is 1.96. The lowest BCUT2D eigenvalue weighted by Crippen LogP contribution is -2.35. The molecule has 3 N–H and O–H groups in total.